The van der Waals surface area contributed by atoms with Crippen LogP contribution in [-0.2, 0) is 4.74 Å². The van der Waals surface area contributed by atoms with E-state index >= 15 is 0 Å². The molecule has 2 aromatic rings. The Hall–Kier alpha value is -2.25. The van der Waals surface area contributed by atoms with Crippen molar-refractivity contribution in [1.29, 1.82) is 0 Å². The molecule has 3 rings (SSSR count). The van der Waals surface area contributed by atoms with E-state index in [4.69, 9.17) is 16.3 Å². The Morgan fingerprint density at radius 2 is 2.00 bits per heavy atom. The molecular formula is C18H20ClN3O3S. The number of hydrogen-bond donors (Lipinski definition) is 2. The second kappa shape index (κ2) is 7.97. The minimum atomic E-state index is -0.344. The molecule has 3 amide bonds. The number of halogens is 1. The summed E-state index contributed by atoms with van der Waals surface area (Å²) in [5.41, 5.74) is 1.67. The van der Waals surface area contributed by atoms with E-state index in [-0.39, 0.29) is 24.2 Å². The number of anilines is 1. The van der Waals surface area contributed by atoms with Gasteiger partial charge in [0.25, 0.3) is 0 Å². The second-order valence-corrected chi connectivity index (χ2v) is 7.81. The lowest BCUT2D eigenvalue weighted by molar-refractivity contribution is 0.181. The van der Waals surface area contributed by atoms with Crippen molar-refractivity contribution in [2.45, 2.75) is 25.9 Å². The third kappa shape index (κ3) is 4.28. The largest absolute Gasteiger partial charge is 0.447 e. The molecule has 0 bridgehead atoms. The predicted molar refractivity (Wildman–Crippen MR) is 103 cm³/mol. The zero-order chi connectivity index (χ0) is 18.7. The van der Waals surface area contributed by atoms with Crippen LogP contribution in [0, 0.1) is 0 Å². The van der Waals surface area contributed by atoms with E-state index in [1.165, 1.54) is 11.3 Å². The standard InChI is InChI=1S/C18H20ClN3O3S/c1-11(20-17(23)21-12(2)15-6-7-16(19)26-15)13-4-3-5-14(10-13)22-8-9-25-18(22)24/h3-7,10-12H,8-9H2,1-2H3,(H2,20,21,23). The third-order valence-electron chi connectivity index (χ3n) is 4.16. The number of benzene rings is 1. The van der Waals surface area contributed by atoms with Gasteiger partial charge in [0.1, 0.15) is 6.61 Å². The van der Waals surface area contributed by atoms with Crippen molar-refractivity contribution in [1.82, 2.24) is 10.6 Å². The smallest absolute Gasteiger partial charge is 0.414 e. The normalized spacial score (nSPS) is 16.1. The summed E-state index contributed by atoms with van der Waals surface area (Å²) in [4.78, 5) is 26.6. The van der Waals surface area contributed by atoms with Gasteiger partial charge < -0.3 is 15.4 Å². The molecule has 2 unspecified atom stereocenters. The van der Waals surface area contributed by atoms with Gasteiger partial charge in [-0.15, -0.1) is 11.3 Å². The zero-order valence-corrected chi connectivity index (χ0v) is 16.1. The molecular weight excluding hydrogens is 374 g/mol. The Labute approximate surface area is 161 Å². The number of urea groups is 1. The molecule has 1 saturated heterocycles. The number of ether oxygens (including phenoxy) is 1. The van der Waals surface area contributed by atoms with Crippen LogP contribution in [0.4, 0.5) is 15.3 Å². The molecule has 0 aliphatic carbocycles. The van der Waals surface area contributed by atoms with E-state index in [1.54, 1.807) is 4.90 Å². The van der Waals surface area contributed by atoms with Gasteiger partial charge in [-0.25, -0.2) is 9.59 Å². The summed E-state index contributed by atoms with van der Waals surface area (Å²) in [6.45, 7) is 4.73. The molecule has 0 saturated carbocycles. The molecule has 2 heterocycles. The number of carbonyl (C=O) groups excluding carboxylic acids is 2. The fraction of sp³-hybridized carbons (Fsp3) is 0.333. The fourth-order valence-corrected chi connectivity index (χ4v) is 3.80. The molecule has 6 nitrogen and oxygen atoms in total. The summed E-state index contributed by atoms with van der Waals surface area (Å²) in [5, 5.41) is 5.82. The molecule has 0 spiro atoms. The van der Waals surface area contributed by atoms with Gasteiger partial charge >= 0.3 is 12.1 Å². The van der Waals surface area contributed by atoms with Gasteiger partial charge in [0.05, 0.1) is 23.0 Å². The first kappa shape index (κ1) is 18.5. The van der Waals surface area contributed by atoms with Gasteiger partial charge in [0.2, 0.25) is 0 Å². The number of carbonyl (C=O) groups is 2. The summed E-state index contributed by atoms with van der Waals surface area (Å²) in [6.07, 6.45) is -0.344. The Morgan fingerprint density at radius 3 is 2.65 bits per heavy atom. The third-order valence-corrected chi connectivity index (χ3v) is 5.57. The van der Waals surface area contributed by atoms with Crippen LogP contribution in [0.25, 0.3) is 0 Å². The highest BCUT2D eigenvalue weighted by molar-refractivity contribution is 7.16. The highest BCUT2D eigenvalue weighted by Gasteiger charge is 2.24. The van der Waals surface area contributed by atoms with Gasteiger partial charge in [-0.1, -0.05) is 23.7 Å². The van der Waals surface area contributed by atoms with E-state index in [0.29, 0.717) is 17.5 Å². The fourth-order valence-electron chi connectivity index (χ4n) is 2.74. The highest BCUT2D eigenvalue weighted by atomic mass is 35.5. The first-order chi connectivity index (χ1) is 12.4. The lowest BCUT2D eigenvalue weighted by Gasteiger charge is -2.20. The lowest BCUT2D eigenvalue weighted by Crippen LogP contribution is -2.38. The maximum atomic E-state index is 12.3. The molecule has 1 aromatic heterocycles. The number of rotatable bonds is 5. The molecule has 1 aliphatic heterocycles. The number of cyclic esters (lactones) is 1. The SMILES string of the molecule is CC(NC(=O)NC(C)c1ccc(Cl)s1)c1cccc(N2CCOC2=O)c1. The summed E-state index contributed by atoms with van der Waals surface area (Å²) >= 11 is 7.38. The average molecular weight is 394 g/mol. The Morgan fingerprint density at radius 1 is 1.23 bits per heavy atom. The van der Waals surface area contributed by atoms with Crippen molar-refractivity contribution >= 4 is 40.7 Å². The van der Waals surface area contributed by atoms with Crippen LogP contribution in [0.1, 0.15) is 36.4 Å². The van der Waals surface area contributed by atoms with Crippen molar-refractivity contribution < 1.29 is 14.3 Å². The quantitative estimate of drug-likeness (QED) is 0.786. The Kier molecular flexibility index (Phi) is 5.68. The minimum Gasteiger partial charge on any atom is -0.447 e. The van der Waals surface area contributed by atoms with Crippen LogP contribution < -0.4 is 15.5 Å². The molecule has 8 heteroatoms. The maximum Gasteiger partial charge on any atom is 0.414 e. The molecule has 26 heavy (non-hydrogen) atoms. The van der Waals surface area contributed by atoms with E-state index < -0.39 is 0 Å². The summed E-state index contributed by atoms with van der Waals surface area (Å²) in [7, 11) is 0. The van der Waals surface area contributed by atoms with E-state index in [9.17, 15) is 9.59 Å². The van der Waals surface area contributed by atoms with Crippen molar-refractivity contribution in [2.24, 2.45) is 0 Å². The van der Waals surface area contributed by atoms with Crippen molar-refractivity contribution in [3.8, 4) is 0 Å². The molecule has 1 aromatic carbocycles. The molecule has 2 N–H and O–H groups in total. The van der Waals surface area contributed by atoms with Gasteiger partial charge in [0.15, 0.2) is 0 Å². The van der Waals surface area contributed by atoms with E-state index in [2.05, 4.69) is 10.6 Å². The second-order valence-electron chi connectivity index (χ2n) is 6.06. The lowest BCUT2D eigenvalue weighted by atomic mass is 10.1. The number of thiophene rings is 1. The van der Waals surface area contributed by atoms with Crippen molar-refractivity contribution in [3.63, 3.8) is 0 Å². The Bertz CT molecular complexity index is 810. The molecule has 138 valence electrons. The van der Waals surface area contributed by atoms with Gasteiger partial charge in [0, 0.05) is 10.6 Å². The summed E-state index contributed by atoms with van der Waals surface area (Å²) in [5.74, 6) is 0. The predicted octanol–water partition coefficient (Wildman–Crippen LogP) is 4.48. The first-order valence-electron chi connectivity index (χ1n) is 8.30. The minimum absolute atomic E-state index is 0.134. The number of hydrogen-bond acceptors (Lipinski definition) is 4. The van der Waals surface area contributed by atoms with Crippen molar-refractivity contribution in [2.75, 3.05) is 18.1 Å². The van der Waals surface area contributed by atoms with E-state index in [1.807, 2.05) is 50.2 Å². The first-order valence-corrected chi connectivity index (χ1v) is 9.50. The van der Waals surface area contributed by atoms with Crippen LogP contribution in [-0.4, -0.2) is 25.3 Å². The van der Waals surface area contributed by atoms with Gasteiger partial charge in [-0.2, -0.15) is 0 Å². The number of amides is 3. The van der Waals surface area contributed by atoms with Crippen molar-refractivity contribution in [3.05, 3.63) is 51.2 Å². The number of nitrogens with one attached hydrogen (secondary N) is 2. The van der Waals surface area contributed by atoms with Crippen LogP contribution in [0.2, 0.25) is 4.34 Å². The zero-order valence-electron chi connectivity index (χ0n) is 14.5. The van der Waals surface area contributed by atoms with Crippen LogP contribution in [0.5, 0.6) is 0 Å². The Balaban J connectivity index is 1.61. The molecule has 0 radical (unpaired) electrons. The maximum absolute atomic E-state index is 12.3. The number of nitrogens with zero attached hydrogens (tertiary/aromatic N) is 1. The van der Waals surface area contributed by atoms with Gasteiger partial charge in [-0.05, 0) is 43.7 Å². The molecule has 2 atom stereocenters. The summed E-state index contributed by atoms with van der Waals surface area (Å²) in [6, 6.07) is 10.6. The van der Waals surface area contributed by atoms with E-state index in [0.717, 1.165) is 16.1 Å². The van der Waals surface area contributed by atoms with Crippen LogP contribution in [0.15, 0.2) is 36.4 Å². The van der Waals surface area contributed by atoms with Crippen LogP contribution >= 0.6 is 22.9 Å². The monoisotopic (exact) mass is 393 g/mol. The average Bonchev–Trinajstić information content (AvgIpc) is 3.23. The molecule has 1 aliphatic rings. The topological polar surface area (TPSA) is 70.7 Å². The highest BCUT2D eigenvalue weighted by Crippen LogP contribution is 2.27. The van der Waals surface area contributed by atoms with Crippen LogP contribution in [0.3, 0.4) is 0 Å². The molecule has 1 fully saturated rings. The van der Waals surface area contributed by atoms with Gasteiger partial charge in [-0.3, -0.25) is 4.90 Å². The summed E-state index contributed by atoms with van der Waals surface area (Å²) < 4.78 is 5.67.